The van der Waals surface area contributed by atoms with Crippen LogP contribution in [0.1, 0.15) is 12.5 Å². The van der Waals surface area contributed by atoms with E-state index in [-0.39, 0.29) is 24.7 Å². The predicted molar refractivity (Wildman–Crippen MR) is 84.2 cm³/mol. The summed E-state index contributed by atoms with van der Waals surface area (Å²) in [5, 5.41) is 15.7. The first-order valence-electron chi connectivity index (χ1n) is 7.02. The number of nitrogens with zero attached hydrogens (tertiary/aromatic N) is 1. The number of ether oxygens (including phenoxy) is 1. The second-order valence-electron chi connectivity index (χ2n) is 4.56. The van der Waals surface area contributed by atoms with Crippen molar-refractivity contribution in [3.8, 4) is 5.75 Å². The van der Waals surface area contributed by atoms with Gasteiger partial charge in [0.1, 0.15) is 5.75 Å². The molecule has 0 aliphatic carbocycles. The van der Waals surface area contributed by atoms with Crippen molar-refractivity contribution in [1.29, 1.82) is 0 Å². The van der Waals surface area contributed by atoms with Crippen molar-refractivity contribution in [2.24, 2.45) is 0 Å². The molecule has 0 aromatic heterocycles. The van der Waals surface area contributed by atoms with Crippen molar-refractivity contribution < 1.29 is 19.2 Å². The maximum atomic E-state index is 11.6. The molecule has 23 heavy (non-hydrogen) atoms. The summed E-state index contributed by atoms with van der Waals surface area (Å²) in [6.07, 6.45) is 1.96. The Morgan fingerprint density at radius 2 is 2.09 bits per heavy atom. The number of benzene rings is 1. The van der Waals surface area contributed by atoms with Crippen LogP contribution in [0, 0.1) is 10.1 Å². The van der Waals surface area contributed by atoms with E-state index in [0.29, 0.717) is 24.3 Å². The summed E-state index contributed by atoms with van der Waals surface area (Å²) in [7, 11) is 0. The number of nitrogens with one attached hydrogen (secondary N) is 2. The summed E-state index contributed by atoms with van der Waals surface area (Å²) in [6, 6.07) is 4.12. The number of carbonyl (C=O) groups is 2. The van der Waals surface area contributed by atoms with E-state index < -0.39 is 10.8 Å². The second-order valence-corrected chi connectivity index (χ2v) is 4.56. The second kappa shape index (κ2) is 9.19. The van der Waals surface area contributed by atoms with E-state index in [1.807, 2.05) is 0 Å². The van der Waals surface area contributed by atoms with Gasteiger partial charge in [0.25, 0.3) is 11.6 Å². The van der Waals surface area contributed by atoms with E-state index in [1.54, 1.807) is 13.0 Å². The summed E-state index contributed by atoms with van der Waals surface area (Å²) < 4.78 is 5.36. The fourth-order valence-electron chi connectivity index (χ4n) is 1.77. The summed E-state index contributed by atoms with van der Waals surface area (Å²) in [4.78, 5) is 33.1. The van der Waals surface area contributed by atoms with E-state index in [4.69, 9.17) is 4.74 Å². The van der Waals surface area contributed by atoms with Gasteiger partial charge in [0.15, 0.2) is 6.61 Å². The Balaban J connectivity index is 2.62. The number of hydrogen-bond donors (Lipinski definition) is 2. The molecular weight excluding hydrogens is 302 g/mol. The molecule has 1 rings (SSSR count). The lowest BCUT2D eigenvalue weighted by atomic mass is 10.1. The first-order chi connectivity index (χ1) is 11.0. The van der Waals surface area contributed by atoms with Gasteiger partial charge in [-0.1, -0.05) is 6.08 Å². The average Bonchev–Trinajstić information content (AvgIpc) is 2.52. The minimum absolute atomic E-state index is 0.0603. The summed E-state index contributed by atoms with van der Waals surface area (Å²) in [6.45, 7) is 5.43. The highest BCUT2D eigenvalue weighted by molar-refractivity contribution is 5.85. The van der Waals surface area contributed by atoms with Gasteiger partial charge in [-0.15, -0.1) is 6.58 Å². The Morgan fingerprint density at radius 1 is 1.35 bits per heavy atom. The van der Waals surface area contributed by atoms with Gasteiger partial charge in [-0.25, -0.2) is 0 Å². The molecule has 0 aliphatic heterocycles. The standard InChI is InChI=1S/C15H19N3O5/c1-3-5-11-8-12(18(21)22)6-7-13(11)23-10-15(20)17-9-14(19)16-4-2/h3,6-8H,1,4-5,9-10H2,2H3,(H,16,19)(H,17,20). The molecule has 0 aliphatic rings. The Hall–Kier alpha value is -2.90. The number of allylic oxidation sites excluding steroid dienone is 1. The average molecular weight is 321 g/mol. The fourth-order valence-corrected chi connectivity index (χ4v) is 1.77. The minimum atomic E-state index is -0.505. The molecule has 0 bridgehead atoms. The number of non-ortho nitro benzene ring substituents is 1. The number of nitro groups is 1. The molecule has 0 fully saturated rings. The van der Waals surface area contributed by atoms with Crippen molar-refractivity contribution in [2.75, 3.05) is 19.7 Å². The molecule has 0 unspecified atom stereocenters. The normalized spacial score (nSPS) is 9.78. The van der Waals surface area contributed by atoms with Crippen LogP contribution in [0.2, 0.25) is 0 Å². The zero-order valence-electron chi connectivity index (χ0n) is 12.8. The van der Waals surface area contributed by atoms with Gasteiger partial charge in [-0.05, 0) is 19.4 Å². The van der Waals surface area contributed by atoms with Crippen LogP contribution in [0.3, 0.4) is 0 Å². The van der Waals surface area contributed by atoms with E-state index >= 15 is 0 Å². The first kappa shape index (κ1) is 18.1. The van der Waals surface area contributed by atoms with Crippen molar-refractivity contribution in [1.82, 2.24) is 10.6 Å². The molecule has 0 atom stereocenters. The van der Waals surface area contributed by atoms with Crippen LogP contribution in [0.5, 0.6) is 5.75 Å². The Kier molecular flexibility index (Phi) is 7.25. The molecule has 0 saturated carbocycles. The maximum absolute atomic E-state index is 11.6. The quantitative estimate of drug-likeness (QED) is 0.400. The van der Waals surface area contributed by atoms with Gasteiger partial charge in [0.05, 0.1) is 11.5 Å². The smallest absolute Gasteiger partial charge is 0.269 e. The van der Waals surface area contributed by atoms with Crippen LogP contribution in [0.15, 0.2) is 30.9 Å². The molecule has 0 spiro atoms. The number of nitro benzene ring substituents is 1. The van der Waals surface area contributed by atoms with E-state index in [2.05, 4.69) is 17.2 Å². The lowest BCUT2D eigenvalue weighted by Gasteiger charge is -2.10. The first-order valence-corrected chi connectivity index (χ1v) is 7.02. The Bertz CT molecular complexity index is 601. The van der Waals surface area contributed by atoms with Gasteiger partial charge in [0, 0.05) is 24.2 Å². The summed E-state index contributed by atoms with van der Waals surface area (Å²) in [5.41, 5.74) is 0.501. The number of hydrogen-bond acceptors (Lipinski definition) is 5. The van der Waals surface area contributed by atoms with Crippen molar-refractivity contribution in [2.45, 2.75) is 13.3 Å². The Morgan fingerprint density at radius 3 is 2.70 bits per heavy atom. The molecule has 8 heteroatoms. The van der Waals surface area contributed by atoms with Crippen LogP contribution in [0.4, 0.5) is 5.69 Å². The number of carbonyl (C=O) groups excluding carboxylic acids is 2. The molecule has 0 heterocycles. The molecule has 8 nitrogen and oxygen atoms in total. The molecule has 2 amide bonds. The molecule has 0 radical (unpaired) electrons. The molecule has 2 N–H and O–H groups in total. The number of rotatable bonds is 9. The van der Waals surface area contributed by atoms with Gasteiger partial charge in [-0.2, -0.15) is 0 Å². The maximum Gasteiger partial charge on any atom is 0.269 e. The molecular formula is C15H19N3O5. The van der Waals surface area contributed by atoms with E-state index in [1.165, 1.54) is 18.2 Å². The van der Waals surface area contributed by atoms with Crippen molar-refractivity contribution in [3.63, 3.8) is 0 Å². The van der Waals surface area contributed by atoms with Crippen LogP contribution < -0.4 is 15.4 Å². The van der Waals surface area contributed by atoms with Crippen LogP contribution in [0.25, 0.3) is 0 Å². The number of likely N-dealkylation sites (N-methyl/N-ethyl adjacent to an activating group) is 1. The zero-order chi connectivity index (χ0) is 17.2. The van der Waals surface area contributed by atoms with Gasteiger partial charge in [0.2, 0.25) is 5.91 Å². The highest BCUT2D eigenvalue weighted by atomic mass is 16.6. The zero-order valence-corrected chi connectivity index (χ0v) is 12.8. The number of amides is 2. The highest BCUT2D eigenvalue weighted by Gasteiger charge is 2.12. The SMILES string of the molecule is C=CCc1cc([N+](=O)[O-])ccc1OCC(=O)NCC(=O)NCC. The highest BCUT2D eigenvalue weighted by Crippen LogP contribution is 2.24. The van der Waals surface area contributed by atoms with Crippen molar-refractivity contribution in [3.05, 3.63) is 46.5 Å². The molecule has 124 valence electrons. The van der Waals surface area contributed by atoms with Crippen LogP contribution in [-0.2, 0) is 16.0 Å². The van der Waals surface area contributed by atoms with Gasteiger partial charge in [-0.3, -0.25) is 19.7 Å². The molecule has 1 aromatic carbocycles. The topological polar surface area (TPSA) is 111 Å². The van der Waals surface area contributed by atoms with Gasteiger partial charge < -0.3 is 15.4 Å². The van der Waals surface area contributed by atoms with Crippen LogP contribution >= 0.6 is 0 Å². The third-order valence-corrected chi connectivity index (χ3v) is 2.80. The third-order valence-electron chi connectivity index (χ3n) is 2.80. The monoisotopic (exact) mass is 321 g/mol. The largest absolute Gasteiger partial charge is 0.483 e. The molecule has 0 saturated heterocycles. The lowest BCUT2D eigenvalue weighted by Crippen LogP contribution is -2.38. The fraction of sp³-hybridized carbons (Fsp3) is 0.333. The third kappa shape index (κ3) is 6.16. The molecule has 1 aromatic rings. The van der Waals surface area contributed by atoms with Gasteiger partial charge >= 0.3 is 0 Å². The van der Waals surface area contributed by atoms with E-state index in [0.717, 1.165) is 0 Å². The lowest BCUT2D eigenvalue weighted by molar-refractivity contribution is -0.384. The summed E-state index contributed by atoms with van der Waals surface area (Å²) >= 11 is 0. The van der Waals surface area contributed by atoms with E-state index in [9.17, 15) is 19.7 Å². The predicted octanol–water partition coefficient (Wildman–Crippen LogP) is 0.954. The van der Waals surface area contributed by atoms with Crippen molar-refractivity contribution >= 4 is 17.5 Å². The summed E-state index contributed by atoms with van der Waals surface area (Å²) in [5.74, 6) is -0.383. The Labute approximate surface area is 133 Å². The van der Waals surface area contributed by atoms with Crippen LogP contribution in [-0.4, -0.2) is 36.4 Å². The minimum Gasteiger partial charge on any atom is -0.483 e.